The predicted molar refractivity (Wildman–Crippen MR) is 101 cm³/mol. The Morgan fingerprint density at radius 3 is 2.76 bits per heavy atom. The molecular formula is C17H16F3N3O4S2. The summed E-state index contributed by atoms with van der Waals surface area (Å²) in [5.74, 6) is -2.37. The molecule has 2 N–H and O–H groups in total. The van der Waals surface area contributed by atoms with Crippen LogP contribution in [0.2, 0.25) is 0 Å². The van der Waals surface area contributed by atoms with Crippen molar-refractivity contribution >= 4 is 38.4 Å². The number of carbonyl (C=O) groups excluding carboxylic acids is 1. The van der Waals surface area contributed by atoms with Crippen LogP contribution in [0.25, 0.3) is 21.5 Å². The number of halogens is 3. The molecule has 0 spiro atoms. The third-order valence-electron chi connectivity index (χ3n) is 3.83. The summed E-state index contributed by atoms with van der Waals surface area (Å²) >= 11 is 1.01. The van der Waals surface area contributed by atoms with Crippen molar-refractivity contribution in [3.05, 3.63) is 36.2 Å². The van der Waals surface area contributed by atoms with Gasteiger partial charge in [0.15, 0.2) is 0 Å². The molecule has 12 heteroatoms. The smallest absolute Gasteiger partial charge is 0.457 e. The highest BCUT2D eigenvalue weighted by Crippen LogP contribution is 2.35. The van der Waals surface area contributed by atoms with Crippen molar-refractivity contribution in [3.8, 4) is 10.4 Å². The van der Waals surface area contributed by atoms with Crippen molar-refractivity contribution in [2.45, 2.75) is 30.3 Å². The summed E-state index contributed by atoms with van der Waals surface area (Å²) < 4.78 is 67.8. The van der Waals surface area contributed by atoms with Crippen molar-refractivity contribution in [2.24, 2.45) is 0 Å². The van der Waals surface area contributed by atoms with Crippen molar-refractivity contribution < 1.29 is 31.1 Å². The molecule has 3 rings (SSSR count). The van der Waals surface area contributed by atoms with Crippen molar-refractivity contribution in [3.63, 3.8) is 0 Å². The van der Waals surface area contributed by atoms with Gasteiger partial charge in [-0.15, -0.1) is 11.3 Å². The van der Waals surface area contributed by atoms with Crippen LogP contribution in [0.15, 0.2) is 34.7 Å². The zero-order valence-corrected chi connectivity index (χ0v) is 16.8. The van der Waals surface area contributed by atoms with Crippen LogP contribution >= 0.6 is 11.3 Å². The second kappa shape index (κ2) is 7.76. The average molecular weight is 447 g/mol. The number of H-pyrrole nitrogens is 1. The number of hydrogen-bond acceptors (Lipinski definition) is 6. The monoisotopic (exact) mass is 447 g/mol. The molecule has 0 aromatic carbocycles. The molecule has 1 unspecified atom stereocenters. The number of aromatic amines is 1. The minimum Gasteiger partial charge on any atom is -0.457 e. The molecule has 0 fully saturated rings. The highest BCUT2D eigenvalue weighted by molar-refractivity contribution is 7.91. The van der Waals surface area contributed by atoms with Crippen LogP contribution in [0.3, 0.4) is 0 Å². The number of pyridine rings is 1. The molecule has 3 aromatic heterocycles. The van der Waals surface area contributed by atoms with Gasteiger partial charge in [0, 0.05) is 27.7 Å². The molecule has 3 heterocycles. The van der Waals surface area contributed by atoms with Gasteiger partial charge in [0.1, 0.15) is 16.5 Å². The number of ether oxygens (including phenoxy) is 1. The number of thiophene rings is 1. The Balaban J connectivity index is 1.76. The standard InChI is InChI=1S/C17H16F3N3O4S2/c1-9-7-12-11(5-6-21-15(12)22-9)13-3-4-14(28-13)29(25,26)23-10(2)8-27-16(24)17(18,19)20/h3-7,10,23H,8H2,1-2H3,(H,21,22). The lowest BCUT2D eigenvalue weighted by molar-refractivity contribution is -0.200. The number of fused-ring (bicyclic) bond motifs is 1. The highest BCUT2D eigenvalue weighted by Gasteiger charge is 2.41. The third-order valence-corrected chi connectivity index (χ3v) is 7.03. The second-order valence-corrected chi connectivity index (χ2v) is 9.33. The van der Waals surface area contributed by atoms with E-state index in [4.69, 9.17) is 0 Å². The van der Waals surface area contributed by atoms with Gasteiger partial charge in [-0.3, -0.25) is 0 Å². The molecule has 0 radical (unpaired) electrons. The summed E-state index contributed by atoms with van der Waals surface area (Å²) in [5.41, 5.74) is 2.39. The lowest BCUT2D eigenvalue weighted by Crippen LogP contribution is -2.38. The Bertz CT molecular complexity index is 1150. The predicted octanol–water partition coefficient (Wildman–Crippen LogP) is 3.37. The molecule has 0 aliphatic carbocycles. The average Bonchev–Trinajstić information content (AvgIpc) is 3.24. The maximum Gasteiger partial charge on any atom is 0.490 e. The van der Waals surface area contributed by atoms with Crippen LogP contribution in [-0.2, 0) is 19.6 Å². The van der Waals surface area contributed by atoms with Gasteiger partial charge in [-0.2, -0.15) is 13.2 Å². The molecular weight excluding hydrogens is 431 g/mol. The second-order valence-electron chi connectivity index (χ2n) is 6.31. The van der Waals surface area contributed by atoms with E-state index in [2.05, 4.69) is 19.4 Å². The molecule has 0 aliphatic rings. The first-order chi connectivity index (χ1) is 13.5. The molecule has 0 saturated carbocycles. The van der Waals surface area contributed by atoms with Crippen LogP contribution in [0.5, 0.6) is 0 Å². The van der Waals surface area contributed by atoms with E-state index in [-0.39, 0.29) is 4.21 Å². The lowest BCUT2D eigenvalue weighted by Gasteiger charge is -2.14. The van der Waals surface area contributed by atoms with Gasteiger partial charge >= 0.3 is 12.1 Å². The molecule has 0 aliphatic heterocycles. The van der Waals surface area contributed by atoms with Gasteiger partial charge in [0.05, 0.1) is 6.04 Å². The summed E-state index contributed by atoms with van der Waals surface area (Å²) in [6.45, 7) is 2.43. The van der Waals surface area contributed by atoms with E-state index < -0.39 is 34.8 Å². The van der Waals surface area contributed by atoms with Crippen LogP contribution < -0.4 is 4.72 Å². The van der Waals surface area contributed by atoms with Gasteiger partial charge in [0.2, 0.25) is 10.0 Å². The van der Waals surface area contributed by atoms with Crippen molar-refractivity contribution in [1.29, 1.82) is 0 Å². The van der Waals surface area contributed by atoms with E-state index in [0.717, 1.165) is 28.0 Å². The summed E-state index contributed by atoms with van der Waals surface area (Å²) in [4.78, 5) is 18.8. The Morgan fingerprint density at radius 2 is 2.07 bits per heavy atom. The number of rotatable bonds is 6. The van der Waals surface area contributed by atoms with Crippen LogP contribution in [0.1, 0.15) is 12.6 Å². The number of nitrogens with zero attached hydrogens (tertiary/aromatic N) is 1. The number of nitrogens with one attached hydrogen (secondary N) is 2. The molecule has 0 saturated heterocycles. The zero-order valence-electron chi connectivity index (χ0n) is 15.2. The molecule has 0 bridgehead atoms. The van der Waals surface area contributed by atoms with E-state index >= 15 is 0 Å². The summed E-state index contributed by atoms with van der Waals surface area (Å²) in [5, 5.41) is 0.844. The molecule has 156 valence electrons. The van der Waals surface area contributed by atoms with E-state index in [0.29, 0.717) is 10.5 Å². The van der Waals surface area contributed by atoms with Gasteiger partial charge in [-0.05, 0) is 38.1 Å². The minimum absolute atomic E-state index is 0.0151. The SMILES string of the molecule is Cc1cc2c(-c3ccc(S(=O)(=O)NC(C)COC(=O)C(F)(F)F)s3)ccnc2[nH]1. The van der Waals surface area contributed by atoms with E-state index in [9.17, 15) is 26.4 Å². The van der Waals surface area contributed by atoms with E-state index in [1.165, 1.54) is 13.0 Å². The fourth-order valence-electron chi connectivity index (χ4n) is 2.62. The maximum absolute atomic E-state index is 12.5. The normalized spacial score (nSPS) is 13.6. The Labute approximate surface area is 168 Å². The first kappa shape index (κ1) is 21.3. The highest BCUT2D eigenvalue weighted by atomic mass is 32.2. The van der Waals surface area contributed by atoms with Crippen LogP contribution in [0, 0.1) is 6.92 Å². The van der Waals surface area contributed by atoms with Gasteiger partial charge in [-0.25, -0.2) is 22.9 Å². The summed E-state index contributed by atoms with van der Waals surface area (Å²) in [6, 6.07) is 5.68. The molecule has 1 atom stereocenters. The lowest BCUT2D eigenvalue weighted by atomic mass is 10.1. The number of carbonyl (C=O) groups is 1. The number of sulfonamides is 1. The fourth-order valence-corrected chi connectivity index (χ4v) is 5.21. The fraction of sp³-hybridized carbons (Fsp3) is 0.294. The van der Waals surface area contributed by atoms with Gasteiger partial charge in [0.25, 0.3) is 0 Å². The number of hydrogen-bond donors (Lipinski definition) is 2. The maximum atomic E-state index is 12.5. The van der Waals surface area contributed by atoms with Crippen LogP contribution in [0.4, 0.5) is 13.2 Å². The molecule has 0 amide bonds. The largest absolute Gasteiger partial charge is 0.490 e. The number of aryl methyl sites for hydroxylation is 1. The molecule has 29 heavy (non-hydrogen) atoms. The van der Waals surface area contributed by atoms with E-state index in [1.54, 1.807) is 18.3 Å². The Morgan fingerprint density at radius 1 is 1.34 bits per heavy atom. The zero-order chi connectivity index (χ0) is 21.4. The first-order valence-corrected chi connectivity index (χ1v) is 10.6. The molecule has 3 aromatic rings. The number of alkyl halides is 3. The molecule has 7 nitrogen and oxygen atoms in total. The topological polar surface area (TPSA) is 101 Å². The first-order valence-electron chi connectivity index (χ1n) is 8.28. The van der Waals surface area contributed by atoms with Crippen molar-refractivity contribution in [2.75, 3.05) is 6.61 Å². The minimum atomic E-state index is -5.13. The van der Waals surface area contributed by atoms with Crippen LogP contribution in [-0.4, -0.2) is 43.2 Å². The van der Waals surface area contributed by atoms with Gasteiger partial charge < -0.3 is 9.72 Å². The third kappa shape index (κ3) is 4.77. The quantitative estimate of drug-likeness (QED) is 0.565. The van der Waals surface area contributed by atoms with E-state index in [1.807, 2.05) is 13.0 Å². The Hall–Kier alpha value is -2.44. The van der Waals surface area contributed by atoms with Gasteiger partial charge in [-0.1, -0.05) is 0 Å². The number of aromatic nitrogens is 2. The Kier molecular flexibility index (Phi) is 5.70. The van der Waals surface area contributed by atoms with Crippen molar-refractivity contribution in [1.82, 2.24) is 14.7 Å². The summed E-state index contributed by atoms with van der Waals surface area (Å²) in [7, 11) is -4.01. The number of esters is 1. The summed E-state index contributed by atoms with van der Waals surface area (Å²) in [6.07, 6.45) is -3.52.